The second-order valence-corrected chi connectivity index (χ2v) is 7.02. The van der Waals surface area contributed by atoms with E-state index >= 15 is 0 Å². The van der Waals surface area contributed by atoms with E-state index in [0.29, 0.717) is 15.6 Å². The minimum absolute atomic E-state index is 0.0989. The first kappa shape index (κ1) is 21.9. The molecule has 148 valence electrons. The Morgan fingerprint density at radius 2 is 1.61 bits per heavy atom. The van der Waals surface area contributed by atoms with Crippen molar-refractivity contribution in [3.05, 3.63) is 70.7 Å². The molecule has 2 rings (SSSR count). The van der Waals surface area contributed by atoms with Gasteiger partial charge in [-0.3, -0.25) is 4.79 Å². The summed E-state index contributed by atoms with van der Waals surface area (Å²) in [7, 11) is 0. The molecule has 3 atom stereocenters. The first-order chi connectivity index (χ1) is 13.2. The van der Waals surface area contributed by atoms with Crippen LogP contribution in [-0.4, -0.2) is 45.4 Å². The summed E-state index contributed by atoms with van der Waals surface area (Å²) in [6.07, 6.45) is -2.64. The van der Waals surface area contributed by atoms with Crippen LogP contribution >= 0.6 is 23.2 Å². The normalized spacial score (nSPS) is 14.0. The third-order valence-electron chi connectivity index (χ3n) is 4.11. The summed E-state index contributed by atoms with van der Waals surface area (Å²) in [4.78, 5) is 22.6. The number of halogens is 2. The number of carbonyl (C=O) groups excluding carboxylic acids is 1. The maximum Gasteiger partial charge on any atom is 0.335 e. The number of hydrogen-bond donors (Lipinski definition) is 4. The lowest BCUT2D eigenvalue weighted by Gasteiger charge is -2.25. The first-order valence-electron chi connectivity index (χ1n) is 8.28. The number of aliphatic hydroxyl groups excluding tert-OH is 2. The number of carboxylic acids is 1. The molecule has 0 aliphatic carbocycles. The van der Waals surface area contributed by atoms with Gasteiger partial charge in [-0.1, -0.05) is 54.0 Å². The number of amides is 1. The highest BCUT2D eigenvalue weighted by atomic mass is 35.5. The van der Waals surface area contributed by atoms with E-state index in [-0.39, 0.29) is 6.42 Å². The predicted octanol–water partition coefficient (Wildman–Crippen LogP) is 2.68. The number of nitrogens with one attached hydrogen (secondary N) is 1. The van der Waals surface area contributed by atoms with Crippen molar-refractivity contribution >= 4 is 35.1 Å². The Hall–Kier alpha value is -2.38. The summed E-state index contributed by atoms with van der Waals surface area (Å²) in [6, 6.07) is 11.3. The van der Waals surface area contributed by atoms with Crippen molar-refractivity contribution in [2.75, 3.05) is 0 Å². The molecule has 6 nitrogen and oxygen atoms in total. The van der Waals surface area contributed by atoms with E-state index in [1.165, 1.54) is 0 Å². The Bertz CT molecular complexity index is 849. The molecule has 2 aromatic carbocycles. The first-order valence-corrected chi connectivity index (χ1v) is 9.04. The third kappa shape index (κ3) is 5.81. The van der Waals surface area contributed by atoms with Crippen LogP contribution in [0.15, 0.2) is 55.1 Å². The summed E-state index contributed by atoms with van der Waals surface area (Å²) >= 11 is 12.0. The van der Waals surface area contributed by atoms with Gasteiger partial charge in [0.1, 0.15) is 6.10 Å². The summed E-state index contributed by atoms with van der Waals surface area (Å²) in [5.74, 6) is -2.18. The van der Waals surface area contributed by atoms with Crippen molar-refractivity contribution in [3.8, 4) is 11.1 Å². The smallest absolute Gasteiger partial charge is 0.335 e. The molecule has 0 saturated heterocycles. The molecular formula is C20H19Cl2NO5. The molecule has 1 amide bonds. The minimum Gasteiger partial charge on any atom is -0.479 e. The van der Waals surface area contributed by atoms with E-state index in [0.717, 1.165) is 17.2 Å². The van der Waals surface area contributed by atoms with Gasteiger partial charge in [0.25, 0.3) is 0 Å². The van der Waals surface area contributed by atoms with Gasteiger partial charge in [0.2, 0.25) is 5.91 Å². The fourth-order valence-corrected chi connectivity index (χ4v) is 3.20. The fraction of sp³-hybridized carbons (Fsp3) is 0.200. The van der Waals surface area contributed by atoms with Gasteiger partial charge in [-0.15, -0.1) is 0 Å². The number of carboxylic acid groups (broad SMARTS) is 1. The lowest BCUT2D eigenvalue weighted by Crippen LogP contribution is -2.51. The molecule has 28 heavy (non-hydrogen) atoms. The average molecular weight is 424 g/mol. The van der Waals surface area contributed by atoms with Crippen molar-refractivity contribution in [2.24, 2.45) is 0 Å². The molecule has 0 saturated carbocycles. The zero-order chi connectivity index (χ0) is 20.8. The highest BCUT2D eigenvalue weighted by Crippen LogP contribution is 2.27. The molecular weight excluding hydrogens is 405 g/mol. The number of carbonyl (C=O) groups is 2. The molecule has 2 aromatic rings. The third-order valence-corrected chi connectivity index (χ3v) is 4.54. The molecule has 0 heterocycles. The largest absolute Gasteiger partial charge is 0.479 e. The van der Waals surface area contributed by atoms with E-state index < -0.39 is 30.1 Å². The van der Waals surface area contributed by atoms with Crippen LogP contribution in [0.1, 0.15) is 5.56 Å². The minimum atomic E-state index is -2.04. The van der Waals surface area contributed by atoms with Crippen molar-refractivity contribution < 1.29 is 24.9 Å². The predicted molar refractivity (Wildman–Crippen MR) is 107 cm³/mol. The van der Waals surface area contributed by atoms with Gasteiger partial charge in [-0.05, 0) is 47.4 Å². The molecule has 8 heteroatoms. The van der Waals surface area contributed by atoms with Crippen LogP contribution in [0.2, 0.25) is 10.0 Å². The van der Waals surface area contributed by atoms with E-state index in [4.69, 9.17) is 28.3 Å². The van der Waals surface area contributed by atoms with Gasteiger partial charge in [-0.2, -0.15) is 0 Å². The molecule has 0 aromatic heterocycles. The summed E-state index contributed by atoms with van der Waals surface area (Å²) in [6.45, 7) is 3.33. The Morgan fingerprint density at radius 3 is 2.11 bits per heavy atom. The van der Waals surface area contributed by atoms with Crippen molar-refractivity contribution in [1.29, 1.82) is 0 Å². The molecule has 0 aliphatic rings. The highest BCUT2D eigenvalue weighted by molar-refractivity contribution is 6.35. The number of benzene rings is 2. The maximum absolute atomic E-state index is 11.6. The molecule has 0 fully saturated rings. The van der Waals surface area contributed by atoms with Crippen LogP contribution in [0.5, 0.6) is 0 Å². The highest BCUT2D eigenvalue weighted by Gasteiger charge is 2.32. The second-order valence-electron chi connectivity index (χ2n) is 6.15. The second kappa shape index (κ2) is 9.71. The van der Waals surface area contributed by atoms with Crippen LogP contribution in [0.25, 0.3) is 11.1 Å². The van der Waals surface area contributed by atoms with E-state index in [1.54, 1.807) is 30.3 Å². The molecule has 0 aliphatic heterocycles. The van der Waals surface area contributed by atoms with Gasteiger partial charge in [0.15, 0.2) is 6.10 Å². The Balaban J connectivity index is 2.22. The SMILES string of the molecule is C=CC(=O)N[C@H](Cc1ccc(-c2cc(Cl)cc(Cl)c2)cc1)[C@H](O)[C@@H](O)C(=O)O. The van der Waals surface area contributed by atoms with Gasteiger partial charge in [0.05, 0.1) is 6.04 Å². The summed E-state index contributed by atoms with van der Waals surface area (Å²) in [5, 5.41) is 32.1. The van der Waals surface area contributed by atoms with E-state index in [1.807, 2.05) is 12.1 Å². The topological polar surface area (TPSA) is 107 Å². The number of aliphatic hydroxyl groups is 2. The Kier molecular flexibility index (Phi) is 7.60. The maximum atomic E-state index is 11.6. The lowest BCUT2D eigenvalue weighted by atomic mass is 9.96. The Labute approximate surface area is 172 Å². The molecule has 0 radical (unpaired) electrons. The van der Waals surface area contributed by atoms with E-state index in [2.05, 4.69) is 11.9 Å². The molecule has 4 N–H and O–H groups in total. The number of rotatable bonds is 8. The number of hydrogen-bond acceptors (Lipinski definition) is 4. The van der Waals surface area contributed by atoms with Crippen molar-refractivity contribution in [2.45, 2.75) is 24.7 Å². The zero-order valence-electron chi connectivity index (χ0n) is 14.7. The number of aliphatic carboxylic acids is 1. The summed E-state index contributed by atoms with van der Waals surface area (Å²) < 4.78 is 0. The van der Waals surface area contributed by atoms with Gasteiger partial charge >= 0.3 is 5.97 Å². The summed E-state index contributed by atoms with van der Waals surface area (Å²) in [5.41, 5.74) is 2.38. The standard InChI is InChI=1S/C20H19Cl2NO5/c1-2-17(24)23-16(18(25)19(26)20(27)28)7-11-3-5-12(6-4-11)13-8-14(21)10-15(22)9-13/h2-6,8-10,16,18-19,25-26H,1,7H2,(H,23,24)(H,27,28)/t16-,18+,19-/m1/s1. The Morgan fingerprint density at radius 1 is 1.04 bits per heavy atom. The average Bonchev–Trinajstić information content (AvgIpc) is 2.65. The van der Waals surface area contributed by atoms with Crippen molar-refractivity contribution in [1.82, 2.24) is 5.32 Å². The van der Waals surface area contributed by atoms with Gasteiger partial charge < -0.3 is 20.6 Å². The fourth-order valence-electron chi connectivity index (χ4n) is 2.67. The van der Waals surface area contributed by atoms with Crippen LogP contribution in [0, 0.1) is 0 Å². The molecule has 0 bridgehead atoms. The van der Waals surface area contributed by atoms with Crippen molar-refractivity contribution in [3.63, 3.8) is 0 Å². The van der Waals surface area contributed by atoms with Gasteiger partial charge in [-0.25, -0.2) is 4.79 Å². The van der Waals surface area contributed by atoms with Crippen LogP contribution in [-0.2, 0) is 16.0 Å². The van der Waals surface area contributed by atoms with Gasteiger partial charge in [0, 0.05) is 10.0 Å². The van der Waals surface area contributed by atoms with Crippen LogP contribution < -0.4 is 5.32 Å². The molecule has 0 unspecified atom stereocenters. The zero-order valence-corrected chi connectivity index (χ0v) is 16.2. The molecule has 0 spiro atoms. The van der Waals surface area contributed by atoms with Crippen LogP contribution in [0.4, 0.5) is 0 Å². The lowest BCUT2D eigenvalue weighted by molar-refractivity contribution is -0.154. The van der Waals surface area contributed by atoms with Crippen LogP contribution in [0.3, 0.4) is 0 Å². The van der Waals surface area contributed by atoms with E-state index in [9.17, 15) is 19.8 Å². The monoisotopic (exact) mass is 423 g/mol. The quantitative estimate of drug-likeness (QED) is 0.488.